The summed E-state index contributed by atoms with van der Waals surface area (Å²) in [6.07, 6.45) is 2.03. The van der Waals surface area contributed by atoms with Crippen molar-refractivity contribution in [1.82, 2.24) is 0 Å². The van der Waals surface area contributed by atoms with E-state index in [1.807, 2.05) is 42.5 Å². The molecule has 7 nitrogen and oxygen atoms in total. The Hall–Kier alpha value is -2.96. The van der Waals surface area contributed by atoms with Crippen molar-refractivity contribution in [1.29, 1.82) is 0 Å². The fourth-order valence-electron chi connectivity index (χ4n) is 2.10. The summed E-state index contributed by atoms with van der Waals surface area (Å²) in [6.45, 7) is 23.0. The van der Waals surface area contributed by atoms with E-state index in [4.69, 9.17) is 28.0 Å². The molecule has 0 N–H and O–H groups in total. The summed E-state index contributed by atoms with van der Waals surface area (Å²) < 4.78 is 43.9. The van der Waals surface area contributed by atoms with E-state index >= 15 is 0 Å². The molecule has 144 valence electrons. The Morgan fingerprint density at radius 1 is 0.690 bits per heavy atom. The number of anilines is 1. The number of rotatable bonds is 2. The Balaban J connectivity index is -0.000000594. The maximum absolute atomic E-state index is 7.50. The average Bonchev–Trinajstić information content (AvgIpc) is 2.86. The first kappa shape index (κ1) is 30.8. The molecule has 1 heterocycles. The number of hydrogen-bond acceptors (Lipinski definition) is 2. The quantitative estimate of drug-likeness (QED) is 0.542. The molecule has 1 aliphatic rings. The van der Waals surface area contributed by atoms with Crippen LogP contribution in [0.4, 0.5) is 5.69 Å². The Bertz CT molecular complexity index is 788. The van der Waals surface area contributed by atoms with Gasteiger partial charge in [-0.15, -0.1) is 0 Å². The molecule has 1 aliphatic heterocycles. The van der Waals surface area contributed by atoms with Gasteiger partial charge in [-0.05, 0) is 0 Å². The third-order valence-electron chi connectivity index (χ3n) is 3.02. The zero-order valence-electron chi connectivity index (χ0n) is 14.9. The predicted molar refractivity (Wildman–Crippen MR) is 93.9 cm³/mol. The predicted octanol–water partition coefficient (Wildman–Crippen LogP) is 3.01. The van der Waals surface area contributed by atoms with Crippen LogP contribution in [-0.2, 0) is 43.8 Å². The Morgan fingerprint density at radius 2 is 1.10 bits per heavy atom. The van der Waals surface area contributed by atoms with Crippen molar-refractivity contribution >= 4 is 16.0 Å². The molecule has 0 atom stereocenters. The summed E-state index contributed by atoms with van der Waals surface area (Å²) >= 11 is 2.94. The molecule has 0 aliphatic carbocycles. The second-order valence-electron chi connectivity index (χ2n) is 4.25. The van der Waals surface area contributed by atoms with Crippen molar-refractivity contribution in [3.63, 3.8) is 0 Å². The van der Waals surface area contributed by atoms with Gasteiger partial charge in [-0.3, -0.25) is 0 Å². The van der Waals surface area contributed by atoms with E-state index in [1.165, 1.54) is 5.56 Å². The topological polar surface area (TPSA) is 112 Å². The Kier molecular flexibility index (Phi) is 24.5. The van der Waals surface area contributed by atoms with Crippen LogP contribution in [0.2, 0.25) is 0 Å². The van der Waals surface area contributed by atoms with Gasteiger partial charge in [0.2, 0.25) is 0 Å². The third-order valence-corrected chi connectivity index (χ3v) is 3.39. The number of benzene rings is 2. The van der Waals surface area contributed by atoms with Crippen molar-refractivity contribution in [2.75, 3.05) is 11.6 Å². The van der Waals surface area contributed by atoms with Gasteiger partial charge in [-0.1, -0.05) is 0 Å². The van der Waals surface area contributed by atoms with Crippen LogP contribution in [-0.4, -0.2) is 11.3 Å². The minimum atomic E-state index is 0.521. The number of nitrogens with zero attached hydrogens (tertiary/aromatic N) is 1. The van der Waals surface area contributed by atoms with Crippen molar-refractivity contribution in [2.45, 2.75) is 0 Å². The first-order chi connectivity index (χ1) is 14.3. The first-order valence-electron chi connectivity index (χ1n) is 7.13. The van der Waals surface area contributed by atoms with Crippen LogP contribution >= 0.6 is 0 Å². The van der Waals surface area contributed by atoms with Gasteiger partial charge in [-0.2, -0.15) is 0 Å². The second kappa shape index (κ2) is 23.1. The Morgan fingerprint density at radius 3 is 1.55 bits per heavy atom. The van der Waals surface area contributed by atoms with Gasteiger partial charge >= 0.3 is 177 Å². The molecule has 0 radical (unpaired) electrons. The van der Waals surface area contributed by atoms with E-state index in [-0.39, 0.29) is 0 Å². The van der Waals surface area contributed by atoms with E-state index in [0.29, 0.717) is 6.73 Å². The first-order valence-corrected chi connectivity index (χ1v) is 7.77. The SMILES string of the molecule is [C-]#[O+].[C-]#[O+].[C-]#[O+].[C-]#[O+].[C-]#[O+].[Cr]=[C]1C=C(c2ccccc2)N(c2ccccc2)CO1. The zero-order valence-corrected chi connectivity index (χ0v) is 16.1. The van der Waals surface area contributed by atoms with E-state index in [1.54, 1.807) is 0 Å². The van der Waals surface area contributed by atoms with E-state index in [2.05, 4.69) is 78.3 Å². The minimum absolute atomic E-state index is 0.521. The molecule has 2 aromatic carbocycles. The van der Waals surface area contributed by atoms with Gasteiger partial charge in [0.05, 0.1) is 0 Å². The molecule has 29 heavy (non-hydrogen) atoms. The summed E-state index contributed by atoms with van der Waals surface area (Å²) in [5.74, 6) is 0. The van der Waals surface area contributed by atoms with Crippen molar-refractivity contribution in [3.8, 4) is 0 Å². The second-order valence-corrected chi connectivity index (χ2v) is 4.88. The van der Waals surface area contributed by atoms with Crippen molar-refractivity contribution < 1.29 is 43.8 Å². The van der Waals surface area contributed by atoms with Gasteiger partial charge in [-0.25, -0.2) is 0 Å². The molecule has 0 spiro atoms. The summed E-state index contributed by atoms with van der Waals surface area (Å²) in [5, 5.41) is 0. The van der Waals surface area contributed by atoms with Crippen LogP contribution in [0.3, 0.4) is 0 Å². The van der Waals surface area contributed by atoms with Gasteiger partial charge in [0.25, 0.3) is 0 Å². The van der Waals surface area contributed by atoms with Gasteiger partial charge in [0, 0.05) is 0 Å². The maximum atomic E-state index is 7.50. The molecule has 0 aromatic heterocycles. The van der Waals surface area contributed by atoms with E-state index < -0.39 is 0 Å². The standard InChI is InChI=1S/C16H13NO.5CO.Cr/c1-3-7-14(8-4-1)16-11-12-18-13-17(16)15-9-5-2-6-10-15;5*1-2;/h1-11H,13H2;;;;;;. The molecule has 8 heteroatoms. The van der Waals surface area contributed by atoms with Crippen molar-refractivity contribution in [2.24, 2.45) is 0 Å². The fourth-order valence-corrected chi connectivity index (χ4v) is 2.36. The normalized spacial score (nSPS) is 10.3. The molecular weight excluding hydrogens is 414 g/mol. The van der Waals surface area contributed by atoms with Crippen molar-refractivity contribution in [3.05, 3.63) is 106 Å². The molecule has 2 aromatic rings. The molecule has 0 fully saturated rings. The Labute approximate surface area is 177 Å². The summed E-state index contributed by atoms with van der Waals surface area (Å²) in [7, 11) is 0. The van der Waals surface area contributed by atoms with Gasteiger partial charge < -0.3 is 0 Å². The van der Waals surface area contributed by atoms with Gasteiger partial charge in [0.1, 0.15) is 0 Å². The molecule has 0 bridgehead atoms. The molecule has 0 unspecified atom stereocenters. The average molecular weight is 427 g/mol. The molecule has 3 rings (SSSR count). The van der Waals surface area contributed by atoms with Crippen LogP contribution in [0.5, 0.6) is 0 Å². The number of hydrogen-bond donors (Lipinski definition) is 0. The third kappa shape index (κ3) is 11.5. The summed E-state index contributed by atoms with van der Waals surface area (Å²) in [6, 6.07) is 20.6. The monoisotopic (exact) mass is 427 g/mol. The summed E-state index contributed by atoms with van der Waals surface area (Å²) in [5.41, 5.74) is 3.46. The zero-order chi connectivity index (χ0) is 23.1. The van der Waals surface area contributed by atoms with Crippen LogP contribution < -0.4 is 4.90 Å². The van der Waals surface area contributed by atoms with Crippen LogP contribution in [0.25, 0.3) is 5.70 Å². The van der Waals surface area contributed by atoms with Gasteiger partial charge in [0.15, 0.2) is 0 Å². The molecule has 0 amide bonds. The van der Waals surface area contributed by atoms with Crippen LogP contribution in [0, 0.1) is 33.3 Å². The molecule has 0 saturated carbocycles. The van der Waals surface area contributed by atoms with Crippen LogP contribution in [0.1, 0.15) is 5.56 Å². The van der Waals surface area contributed by atoms with Crippen LogP contribution in [0.15, 0.2) is 66.7 Å². The van der Waals surface area contributed by atoms with E-state index in [0.717, 1.165) is 16.0 Å². The molecule has 0 saturated heterocycles. The summed E-state index contributed by atoms with van der Waals surface area (Å²) in [4.78, 5) is 2.16. The number of ether oxygens (including phenoxy) is 1. The number of para-hydroxylation sites is 1. The van der Waals surface area contributed by atoms with E-state index in [9.17, 15) is 0 Å². The fraction of sp³-hybridized carbons (Fsp3) is 0.0476. The molecular formula is C21H13CrNO6.